The second-order valence-corrected chi connectivity index (χ2v) is 4.73. The van der Waals surface area contributed by atoms with Gasteiger partial charge in [0.05, 0.1) is 5.51 Å². The van der Waals surface area contributed by atoms with Crippen LogP contribution in [0.4, 0.5) is 0 Å². The molecule has 1 aliphatic rings. The number of carbonyl (C=O) groups is 1. The van der Waals surface area contributed by atoms with Gasteiger partial charge in [0.25, 0.3) is 5.91 Å². The summed E-state index contributed by atoms with van der Waals surface area (Å²) in [5.74, 6) is 0.0532. The molecule has 1 N–H and O–H groups in total. The molecule has 5 heteroatoms. The Morgan fingerprint density at radius 2 is 2.62 bits per heavy atom. The Morgan fingerprint density at radius 1 is 1.75 bits per heavy atom. The summed E-state index contributed by atoms with van der Waals surface area (Å²) in [6.45, 7) is 4.63. The predicted octanol–water partition coefficient (Wildman–Crippen LogP) is 1.36. The lowest BCUT2D eigenvalue weighted by Gasteiger charge is -2.23. The molecule has 1 unspecified atom stereocenters. The summed E-state index contributed by atoms with van der Waals surface area (Å²) in [6, 6.07) is 0.461. The van der Waals surface area contributed by atoms with Crippen molar-refractivity contribution in [2.24, 2.45) is 0 Å². The molecule has 16 heavy (non-hydrogen) atoms. The van der Waals surface area contributed by atoms with Crippen LogP contribution in [0.3, 0.4) is 0 Å². The molecule has 2 rings (SSSR count). The lowest BCUT2D eigenvalue weighted by Crippen LogP contribution is -2.41. The summed E-state index contributed by atoms with van der Waals surface area (Å²) in [6.07, 6.45) is 2.38. The van der Waals surface area contributed by atoms with E-state index in [4.69, 9.17) is 0 Å². The average Bonchev–Trinajstić information content (AvgIpc) is 2.97. The number of likely N-dealkylation sites (N-methyl/N-ethyl adjacent to an activating group) is 1. The molecule has 0 aromatic carbocycles. The summed E-state index contributed by atoms with van der Waals surface area (Å²) in [4.78, 5) is 18.0. The first kappa shape index (κ1) is 11.5. The second-order valence-electron chi connectivity index (χ2n) is 4.01. The molecule has 1 aromatic heterocycles. The van der Waals surface area contributed by atoms with Crippen molar-refractivity contribution in [1.29, 1.82) is 0 Å². The predicted molar refractivity (Wildman–Crippen MR) is 64.7 cm³/mol. The molecule has 1 aromatic rings. The van der Waals surface area contributed by atoms with Crippen molar-refractivity contribution >= 4 is 17.2 Å². The van der Waals surface area contributed by atoms with Crippen LogP contribution in [0.2, 0.25) is 0 Å². The Bertz CT molecular complexity index is 333. The number of thiazole rings is 1. The van der Waals surface area contributed by atoms with E-state index in [0.717, 1.165) is 19.6 Å². The summed E-state index contributed by atoms with van der Waals surface area (Å²) in [5.41, 5.74) is 2.28. The number of amides is 1. The minimum atomic E-state index is 0.0532. The first-order chi connectivity index (χ1) is 7.81. The van der Waals surface area contributed by atoms with Crippen molar-refractivity contribution in [2.45, 2.75) is 25.8 Å². The first-order valence-electron chi connectivity index (χ1n) is 5.72. The monoisotopic (exact) mass is 239 g/mol. The number of aromatic nitrogens is 1. The van der Waals surface area contributed by atoms with Crippen molar-refractivity contribution in [3.63, 3.8) is 0 Å². The van der Waals surface area contributed by atoms with Crippen LogP contribution >= 0.6 is 11.3 Å². The summed E-state index contributed by atoms with van der Waals surface area (Å²) >= 11 is 1.46. The van der Waals surface area contributed by atoms with Crippen LogP contribution in [0.1, 0.15) is 30.3 Å². The third-order valence-electron chi connectivity index (χ3n) is 2.92. The van der Waals surface area contributed by atoms with Gasteiger partial charge in [0.15, 0.2) is 0 Å². The highest BCUT2D eigenvalue weighted by atomic mass is 32.1. The number of nitrogens with one attached hydrogen (secondary N) is 1. The van der Waals surface area contributed by atoms with E-state index in [2.05, 4.69) is 10.3 Å². The fourth-order valence-corrected chi connectivity index (χ4v) is 2.54. The van der Waals surface area contributed by atoms with Crippen LogP contribution in [0, 0.1) is 0 Å². The number of hydrogen-bond acceptors (Lipinski definition) is 4. The molecule has 88 valence electrons. The van der Waals surface area contributed by atoms with E-state index in [0.29, 0.717) is 11.7 Å². The molecular weight excluding hydrogens is 222 g/mol. The number of rotatable bonds is 4. The minimum absolute atomic E-state index is 0.0532. The standard InChI is InChI=1S/C11H17N3OS/c1-2-14(6-9-4-3-5-12-9)11(15)10-7-16-8-13-10/h7-9,12H,2-6H2,1H3. The van der Waals surface area contributed by atoms with Crippen molar-refractivity contribution in [1.82, 2.24) is 15.2 Å². The summed E-state index contributed by atoms with van der Waals surface area (Å²) in [5, 5.41) is 5.22. The van der Waals surface area contributed by atoms with Gasteiger partial charge in [-0.25, -0.2) is 4.98 Å². The Morgan fingerprint density at radius 3 is 3.19 bits per heavy atom. The number of carbonyl (C=O) groups excluding carboxylic acids is 1. The normalized spacial score (nSPS) is 19.9. The first-order valence-corrected chi connectivity index (χ1v) is 6.66. The highest BCUT2D eigenvalue weighted by Gasteiger charge is 2.21. The van der Waals surface area contributed by atoms with E-state index in [-0.39, 0.29) is 5.91 Å². The Labute approximate surface area is 99.7 Å². The van der Waals surface area contributed by atoms with Crippen LogP contribution in [0.25, 0.3) is 0 Å². The van der Waals surface area contributed by atoms with Crippen LogP contribution < -0.4 is 5.32 Å². The minimum Gasteiger partial charge on any atom is -0.336 e. The molecule has 0 spiro atoms. The maximum Gasteiger partial charge on any atom is 0.273 e. The Balaban J connectivity index is 1.96. The Hall–Kier alpha value is -0.940. The van der Waals surface area contributed by atoms with E-state index in [1.54, 1.807) is 5.51 Å². The summed E-state index contributed by atoms with van der Waals surface area (Å²) in [7, 11) is 0. The zero-order valence-corrected chi connectivity index (χ0v) is 10.3. The van der Waals surface area contributed by atoms with Gasteiger partial charge in [-0.2, -0.15) is 0 Å². The molecule has 0 radical (unpaired) electrons. The lowest BCUT2D eigenvalue weighted by molar-refractivity contribution is 0.0746. The van der Waals surface area contributed by atoms with E-state index >= 15 is 0 Å². The van der Waals surface area contributed by atoms with Gasteiger partial charge >= 0.3 is 0 Å². The molecule has 0 saturated carbocycles. The lowest BCUT2D eigenvalue weighted by atomic mass is 10.2. The second kappa shape index (κ2) is 5.41. The van der Waals surface area contributed by atoms with Crippen LogP contribution in [0.5, 0.6) is 0 Å². The van der Waals surface area contributed by atoms with Crippen molar-refractivity contribution in [3.8, 4) is 0 Å². The maximum absolute atomic E-state index is 12.1. The van der Waals surface area contributed by atoms with Gasteiger partial charge in [0.1, 0.15) is 5.69 Å². The Kier molecular flexibility index (Phi) is 3.90. The molecule has 2 heterocycles. The van der Waals surface area contributed by atoms with Crippen molar-refractivity contribution in [3.05, 3.63) is 16.6 Å². The third kappa shape index (κ3) is 2.59. The quantitative estimate of drug-likeness (QED) is 0.863. The van der Waals surface area contributed by atoms with Gasteiger partial charge in [-0.3, -0.25) is 4.79 Å². The highest BCUT2D eigenvalue weighted by molar-refractivity contribution is 7.07. The summed E-state index contributed by atoms with van der Waals surface area (Å²) < 4.78 is 0. The SMILES string of the molecule is CCN(CC1CCCN1)C(=O)c1cscn1. The van der Waals surface area contributed by atoms with Gasteiger partial charge in [-0.05, 0) is 26.3 Å². The zero-order valence-electron chi connectivity index (χ0n) is 9.48. The maximum atomic E-state index is 12.1. The average molecular weight is 239 g/mol. The van der Waals surface area contributed by atoms with E-state index < -0.39 is 0 Å². The molecule has 1 amide bonds. The largest absolute Gasteiger partial charge is 0.336 e. The zero-order chi connectivity index (χ0) is 11.4. The fraction of sp³-hybridized carbons (Fsp3) is 0.636. The topological polar surface area (TPSA) is 45.2 Å². The third-order valence-corrected chi connectivity index (χ3v) is 3.51. The molecule has 4 nitrogen and oxygen atoms in total. The molecule has 1 saturated heterocycles. The van der Waals surface area contributed by atoms with Gasteiger partial charge in [-0.15, -0.1) is 11.3 Å². The van der Waals surface area contributed by atoms with Gasteiger partial charge < -0.3 is 10.2 Å². The molecule has 0 aliphatic carbocycles. The van der Waals surface area contributed by atoms with Crippen LogP contribution in [0.15, 0.2) is 10.9 Å². The number of nitrogens with zero attached hydrogens (tertiary/aromatic N) is 2. The van der Waals surface area contributed by atoms with E-state index in [1.165, 1.54) is 24.2 Å². The van der Waals surface area contributed by atoms with Gasteiger partial charge in [-0.1, -0.05) is 0 Å². The molecule has 1 atom stereocenters. The smallest absolute Gasteiger partial charge is 0.273 e. The van der Waals surface area contributed by atoms with Crippen LogP contribution in [-0.4, -0.2) is 41.5 Å². The number of hydrogen-bond donors (Lipinski definition) is 1. The highest BCUT2D eigenvalue weighted by Crippen LogP contribution is 2.10. The van der Waals surface area contributed by atoms with E-state index in [1.807, 2.05) is 17.2 Å². The molecular formula is C11H17N3OS. The van der Waals surface area contributed by atoms with Crippen LogP contribution in [-0.2, 0) is 0 Å². The van der Waals surface area contributed by atoms with Crippen molar-refractivity contribution in [2.75, 3.05) is 19.6 Å². The van der Waals surface area contributed by atoms with Crippen molar-refractivity contribution < 1.29 is 4.79 Å². The molecule has 1 aliphatic heterocycles. The molecule has 0 bridgehead atoms. The van der Waals surface area contributed by atoms with Gasteiger partial charge in [0.2, 0.25) is 0 Å². The van der Waals surface area contributed by atoms with E-state index in [9.17, 15) is 4.79 Å². The van der Waals surface area contributed by atoms with Gasteiger partial charge in [0, 0.05) is 24.5 Å². The fourth-order valence-electron chi connectivity index (χ4n) is 2.01. The molecule has 1 fully saturated rings.